The Morgan fingerprint density at radius 3 is 2.54 bits per heavy atom. The first kappa shape index (κ1) is 14.6. The predicted molar refractivity (Wildman–Crippen MR) is 96.1 cm³/mol. The molecule has 0 amide bonds. The zero-order chi connectivity index (χ0) is 16.7. The number of aldehydes is 1. The van der Waals surface area contributed by atoms with E-state index in [0.29, 0.717) is 12.0 Å². The summed E-state index contributed by atoms with van der Waals surface area (Å²) < 4.78 is 0. The van der Waals surface area contributed by atoms with E-state index in [1.165, 1.54) is 5.39 Å². The molecule has 3 nitrogen and oxygen atoms in total. The van der Waals surface area contributed by atoms with Crippen LogP contribution in [0.4, 0.5) is 0 Å². The molecule has 0 aromatic heterocycles. The standard InChI is InChI=1S/C21H16O3/c22-12-16-11-15-5-1-4-14-8-10-17-13(3-2-6-19(23)24)7-9-18(16)21(17)20(14)15/h1,4-5,7-12H,2-3,6H2,(H,23,24). The summed E-state index contributed by atoms with van der Waals surface area (Å²) in [5.74, 6) is -0.768. The minimum absolute atomic E-state index is 0.168. The van der Waals surface area contributed by atoms with Crippen LogP contribution in [0.25, 0.3) is 32.3 Å². The fraction of sp³-hybridized carbons (Fsp3) is 0.143. The summed E-state index contributed by atoms with van der Waals surface area (Å²) in [6, 6.07) is 16.3. The summed E-state index contributed by atoms with van der Waals surface area (Å²) in [6.07, 6.45) is 2.41. The molecule has 24 heavy (non-hydrogen) atoms. The van der Waals surface area contributed by atoms with Gasteiger partial charge in [0.25, 0.3) is 0 Å². The molecule has 0 unspecified atom stereocenters. The third-order valence-electron chi connectivity index (χ3n) is 4.73. The van der Waals surface area contributed by atoms with Crippen LogP contribution in [0.5, 0.6) is 0 Å². The topological polar surface area (TPSA) is 54.4 Å². The van der Waals surface area contributed by atoms with Crippen molar-refractivity contribution in [2.75, 3.05) is 0 Å². The van der Waals surface area contributed by atoms with Crippen molar-refractivity contribution in [3.63, 3.8) is 0 Å². The average Bonchev–Trinajstić information content (AvgIpc) is 2.59. The highest BCUT2D eigenvalue weighted by Crippen LogP contribution is 2.37. The minimum Gasteiger partial charge on any atom is -0.481 e. The molecule has 0 saturated heterocycles. The zero-order valence-corrected chi connectivity index (χ0v) is 13.1. The second-order valence-corrected chi connectivity index (χ2v) is 6.17. The number of aliphatic carboxylic acids is 1. The maximum atomic E-state index is 11.5. The number of aryl methyl sites for hydroxylation is 1. The van der Waals surface area contributed by atoms with Crippen LogP contribution < -0.4 is 0 Å². The van der Waals surface area contributed by atoms with Gasteiger partial charge in [-0.05, 0) is 56.8 Å². The highest BCUT2D eigenvalue weighted by molar-refractivity contribution is 6.26. The van der Waals surface area contributed by atoms with Crippen LogP contribution in [0, 0.1) is 0 Å². The van der Waals surface area contributed by atoms with Crippen molar-refractivity contribution in [3.8, 4) is 0 Å². The number of carbonyl (C=O) groups is 2. The summed E-state index contributed by atoms with van der Waals surface area (Å²) in [5, 5.41) is 15.4. The lowest BCUT2D eigenvalue weighted by molar-refractivity contribution is -0.137. The molecule has 0 aliphatic rings. The molecular weight excluding hydrogens is 300 g/mol. The van der Waals surface area contributed by atoms with Gasteiger partial charge in [0.15, 0.2) is 6.29 Å². The molecule has 0 aliphatic carbocycles. The summed E-state index contributed by atoms with van der Waals surface area (Å²) >= 11 is 0. The van der Waals surface area contributed by atoms with Crippen LogP contribution in [0.3, 0.4) is 0 Å². The van der Waals surface area contributed by atoms with Crippen molar-refractivity contribution < 1.29 is 14.7 Å². The van der Waals surface area contributed by atoms with Gasteiger partial charge in [0.05, 0.1) is 0 Å². The van der Waals surface area contributed by atoms with E-state index in [4.69, 9.17) is 5.11 Å². The third kappa shape index (κ3) is 2.21. The SMILES string of the molecule is O=Cc1cc2cccc3ccc4c(CCCC(=O)O)ccc1c4c32. The molecule has 0 radical (unpaired) electrons. The van der Waals surface area contributed by atoms with Crippen molar-refractivity contribution in [3.05, 3.63) is 59.7 Å². The number of rotatable bonds is 5. The monoisotopic (exact) mass is 316 g/mol. The molecule has 0 aliphatic heterocycles. The number of hydrogen-bond donors (Lipinski definition) is 1. The van der Waals surface area contributed by atoms with E-state index in [-0.39, 0.29) is 6.42 Å². The summed E-state index contributed by atoms with van der Waals surface area (Å²) in [6.45, 7) is 0. The molecule has 0 heterocycles. The fourth-order valence-corrected chi connectivity index (χ4v) is 3.66. The molecule has 0 saturated carbocycles. The Kier molecular flexibility index (Phi) is 3.42. The Balaban J connectivity index is 2.01. The number of hydrogen-bond acceptors (Lipinski definition) is 2. The zero-order valence-electron chi connectivity index (χ0n) is 13.1. The van der Waals surface area contributed by atoms with Gasteiger partial charge in [-0.1, -0.05) is 42.5 Å². The van der Waals surface area contributed by atoms with Gasteiger partial charge in [0.1, 0.15) is 0 Å². The van der Waals surface area contributed by atoms with Crippen LogP contribution in [0.15, 0.2) is 48.5 Å². The van der Waals surface area contributed by atoms with Crippen molar-refractivity contribution in [2.45, 2.75) is 19.3 Å². The van der Waals surface area contributed by atoms with Gasteiger partial charge in [-0.15, -0.1) is 0 Å². The van der Waals surface area contributed by atoms with E-state index in [1.54, 1.807) is 0 Å². The van der Waals surface area contributed by atoms with Crippen LogP contribution >= 0.6 is 0 Å². The molecule has 1 N–H and O–H groups in total. The Labute approximate surface area is 138 Å². The largest absolute Gasteiger partial charge is 0.481 e. The van der Waals surface area contributed by atoms with Crippen molar-refractivity contribution >= 4 is 44.6 Å². The second-order valence-electron chi connectivity index (χ2n) is 6.17. The Bertz CT molecular complexity index is 1080. The molecule has 0 bridgehead atoms. The maximum Gasteiger partial charge on any atom is 0.303 e. The van der Waals surface area contributed by atoms with Gasteiger partial charge >= 0.3 is 5.97 Å². The van der Waals surface area contributed by atoms with Gasteiger partial charge in [-0.25, -0.2) is 0 Å². The van der Waals surface area contributed by atoms with E-state index in [9.17, 15) is 9.59 Å². The van der Waals surface area contributed by atoms with Crippen LogP contribution in [0.1, 0.15) is 28.8 Å². The van der Waals surface area contributed by atoms with Gasteiger partial charge in [0, 0.05) is 12.0 Å². The molecule has 4 aromatic rings. The Morgan fingerprint density at radius 1 is 0.958 bits per heavy atom. The Hall–Kier alpha value is -2.94. The van der Waals surface area contributed by atoms with E-state index in [0.717, 1.165) is 45.2 Å². The highest BCUT2D eigenvalue weighted by atomic mass is 16.4. The number of benzene rings is 4. The summed E-state index contributed by atoms with van der Waals surface area (Å²) in [4.78, 5) is 22.3. The molecule has 0 spiro atoms. The van der Waals surface area contributed by atoms with Crippen molar-refractivity contribution in [1.29, 1.82) is 0 Å². The van der Waals surface area contributed by atoms with Crippen molar-refractivity contribution in [1.82, 2.24) is 0 Å². The van der Waals surface area contributed by atoms with Crippen LogP contribution in [-0.2, 0) is 11.2 Å². The first-order valence-electron chi connectivity index (χ1n) is 8.05. The lowest BCUT2D eigenvalue weighted by atomic mass is 9.88. The summed E-state index contributed by atoms with van der Waals surface area (Å²) in [7, 11) is 0. The van der Waals surface area contributed by atoms with Crippen LogP contribution in [-0.4, -0.2) is 17.4 Å². The van der Waals surface area contributed by atoms with E-state index in [1.807, 2.05) is 30.3 Å². The molecule has 3 heteroatoms. The molecule has 118 valence electrons. The second kappa shape index (κ2) is 5.60. The fourth-order valence-electron chi connectivity index (χ4n) is 3.66. The highest BCUT2D eigenvalue weighted by Gasteiger charge is 2.13. The molecular formula is C21H16O3. The Morgan fingerprint density at radius 2 is 1.75 bits per heavy atom. The van der Waals surface area contributed by atoms with Gasteiger partial charge < -0.3 is 5.11 Å². The van der Waals surface area contributed by atoms with Gasteiger partial charge in [-0.3, -0.25) is 9.59 Å². The number of carbonyl (C=O) groups excluding carboxylic acids is 1. The molecule has 0 fully saturated rings. The molecule has 4 aromatic carbocycles. The van der Waals surface area contributed by atoms with E-state index in [2.05, 4.69) is 18.2 Å². The van der Waals surface area contributed by atoms with E-state index < -0.39 is 5.97 Å². The minimum atomic E-state index is -0.768. The number of carboxylic acid groups (broad SMARTS) is 1. The molecule has 4 rings (SSSR count). The van der Waals surface area contributed by atoms with Gasteiger partial charge in [0.2, 0.25) is 0 Å². The number of carboxylic acids is 1. The first-order chi connectivity index (χ1) is 11.7. The normalized spacial score (nSPS) is 11.5. The van der Waals surface area contributed by atoms with Crippen molar-refractivity contribution in [2.24, 2.45) is 0 Å². The van der Waals surface area contributed by atoms with Gasteiger partial charge in [-0.2, -0.15) is 0 Å². The first-order valence-corrected chi connectivity index (χ1v) is 8.05. The smallest absolute Gasteiger partial charge is 0.303 e. The molecule has 0 atom stereocenters. The average molecular weight is 316 g/mol. The lowest BCUT2D eigenvalue weighted by Crippen LogP contribution is -1.97. The third-order valence-corrected chi connectivity index (χ3v) is 4.73. The maximum absolute atomic E-state index is 11.5. The quantitative estimate of drug-likeness (QED) is 0.425. The summed E-state index contributed by atoms with van der Waals surface area (Å²) in [5.41, 5.74) is 1.84. The van der Waals surface area contributed by atoms with E-state index >= 15 is 0 Å². The predicted octanol–water partition coefficient (Wildman–Crippen LogP) is 4.80. The lowest BCUT2D eigenvalue weighted by Gasteiger charge is -2.15. The van der Waals surface area contributed by atoms with Crippen LogP contribution in [0.2, 0.25) is 0 Å².